The Balaban J connectivity index is 1.93. The maximum Gasteiger partial charge on any atom is 0.0452 e. The highest BCUT2D eigenvalue weighted by Crippen LogP contribution is 2.23. The van der Waals surface area contributed by atoms with E-state index in [0.717, 1.165) is 41.9 Å². The first-order chi connectivity index (χ1) is 8.56. The molecule has 0 aromatic heterocycles. The van der Waals surface area contributed by atoms with Gasteiger partial charge in [0.15, 0.2) is 0 Å². The summed E-state index contributed by atoms with van der Waals surface area (Å²) in [7, 11) is 4.32. The molecular weight excluding hydrogens is 246 g/mol. The fourth-order valence-corrected chi connectivity index (χ4v) is 2.73. The van der Waals surface area contributed by atoms with E-state index < -0.39 is 0 Å². The molecule has 0 spiro atoms. The van der Waals surface area contributed by atoms with E-state index in [0.29, 0.717) is 0 Å². The van der Waals surface area contributed by atoms with Crippen LogP contribution in [0.5, 0.6) is 0 Å². The van der Waals surface area contributed by atoms with Crippen LogP contribution in [0.25, 0.3) is 0 Å². The highest BCUT2D eigenvalue weighted by molar-refractivity contribution is 6.31. The number of likely N-dealkylation sites (tertiary alicyclic amines) is 1. The zero-order valence-electron chi connectivity index (χ0n) is 11.2. The van der Waals surface area contributed by atoms with E-state index in [-0.39, 0.29) is 0 Å². The lowest BCUT2D eigenvalue weighted by Gasteiger charge is -2.35. The van der Waals surface area contributed by atoms with Crippen molar-refractivity contribution >= 4 is 17.3 Å². The molecule has 1 aromatic carbocycles. The normalized spacial score (nSPS) is 18.4. The second-order valence-electron chi connectivity index (χ2n) is 5.32. The quantitative estimate of drug-likeness (QED) is 0.854. The molecule has 3 nitrogen and oxygen atoms in total. The highest BCUT2D eigenvalue weighted by atomic mass is 35.5. The molecule has 0 aliphatic carbocycles. The van der Waals surface area contributed by atoms with Crippen LogP contribution < -0.4 is 5.73 Å². The Bertz CT molecular complexity index is 398. The van der Waals surface area contributed by atoms with E-state index in [2.05, 4.69) is 23.9 Å². The van der Waals surface area contributed by atoms with Gasteiger partial charge in [0.25, 0.3) is 0 Å². The molecule has 4 heteroatoms. The van der Waals surface area contributed by atoms with Crippen LogP contribution in [-0.2, 0) is 6.54 Å². The van der Waals surface area contributed by atoms with E-state index in [1.54, 1.807) is 0 Å². The summed E-state index contributed by atoms with van der Waals surface area (Å²) >= 11 is 6.20. The third-order valence-electron chi connectivity index (χ3n) is 3.75. The molecule has 18 heavy (non-hydrogen) atoms. The summed E-state index contributed by atoms with van der Waals surface area (Å²) in [6.07, 6.45) is 2.46. The third-order valence-corrected chi connectivity index (χ3v) is 4.12. The molecule has 1 heterocycles. The minimum atomic E-state index is 0.720. The van der Waals surface area contributed by atoms with Crippen LogP contribution >= 0.6 is 11.6 Å². The predicted molar refractivity (Wildman–Crippen MR) is 77.9 cm³/mol. The van der Waals surface area contributed by atoms with Crippen LogP contribution in [0.2, 0.25) is 5.02 Å². The number of nitrogen functional groups attached to an aromatic ring is 1. The molecule has 0 amide bonds. The first kappa shape index (κ1) is 13.7. The number of hydrogen-bond donors (Lipinski definition) is 1. The maximum atomic E-state index is 6.20. The van der Waals surface area contributed by atoms with Crippen LogP contribution in [0, 0.1) is 0 Å². The second kappa shape index (κ2) is 5.91. The number of benzene rings is 1. The fraction of sp³-hybridized carbons (Fsp3) is 0.571. The number of rotatable bonds is 3. The van der Waals surface area contributed by atoms with Crippen molar-refractivity contribution in [3.63, 3.8) is 0 Å². The Hall–Kier alpha value is -0.770. The molecule has 1 aromatic rings. The Labute approximate surface area is 115 Å². The molecule has 1 saturated heterocycles. The van der Waals surface area contributed by atoms with Crippen LogP contribution in [0.15, 0.2) is 18.2 Å². The standard InChI is InChI=1S/C14H22ClN3/c1-17(2)13-5-7-18(8-6-13)10-11-9-12(16)3-4-14(11)15/h3-4,9,13H,5-8,10,16H2,1-2H3. The largest absolute Gasteiger partial charge is 0.399 e. The second-order valence-corrected chi connectivity index (χ2v) is 5.73. The number of hydrogen-bond acceptors (Lipinski definition) is 3. The minimum absolute atomic E-state index is 0.720. The lowest BCUT2D eigenvalue weighted by molar-refractivity contribution is 0.140. The van der Waals surface area contributed by atoms with E-state index in [9.17, 15) is 0 Å². The van der Waals surface area contributed by atoms with Gasteiger partial charge in [-0.15, -0.1) is 0 Å². The molecule has 0 bridgehead atoms. The summed E-state index contributed by atoms with van der Waals surface area (Å²) in [6, 6.07) is 6.45. The van der Waals surface area contributed by atoms with E-state index >= 15 is 0 Å². The van der Waals surface area contributed by atoms with Crippen LogP contribution in [0.4, 0.5) is 5.69 Å². The van der Waals surface area contributed by atoms with Crippen LogP contribution in [0.1, 0.15) is 18.4 Å². The first-order valence-electron chi connectivity index (χ1n) is 6.49. The van der Waals surface area contributed by atoms with Crippen LogP contribution in [-0.4, -0.2) is 43.0 Å². The summed E-state index contributed by atoms with van der Waals surface area (Å²) < 4.78 is 0. The number of halogens is 1. The molecule has 0 atom stereocenters. The van der Waals surface area contributed by atoms with Crippen molar-refractivity contribution in [1.82, 2.24) is 9.80 Å². The number of anilines is 1. The monoisotopic (exact) mass is 267 g/mol. The Morgan fingerprint density at radius 1 is 1.33 bits per heavy atom. The molecular formula is C14H22ClN3. The van der Waals surface area contributed by atoms with Gasteiger partial charge in [0.1, 0.15) is 0 Å². The van der Waals surface area contributed by atoms with Gasteiger partial charge in [0, 0.05) is 23.3 Å². The minimum Gasteiger partial charge on any atom is -0.399 e. The fourth-order valence-electron chi connectivity index (χ4n) is 2.55. The lowest BCUT2D eigenvalue weighted by Crippen LogP contribution is -2.41. The Kier molecular flexibility index (Phi) is 4.49. The number of nitrogens with zero attached hydrogens (tertiary/aromatic N) is 2. The molecule has 1 aliphatic rings. The molecule has 0 radical (unpaired) electrons. The van der Waals surface area contributed by atoms with Crippen molar-refractivity contribution in [2.75, 3.05) is 32.9 Å². The molecule has 0 unspecified atom stereocenters. The van der Waals surface area contributed by atoms with E-state index in [1.165, 1.54) is 12.8 Å². The van der Waals surface area contributed by atoms with Gasteiger partial charge in [0.2, 0.25) is 0 Å². The summed E-state index contributed by atoms with van der Waals surface area (Å²) in [4.78, 5) is 4.78. The number of nitrogens with two attached hydrogens (primary N) is 1. The molecule has 1 fully saturated rings. The van der Waals surface area contributed by atoms with Gasteiger partial charge in [-0.1, -0.05) is 11.6 Å². The van der Waals surface area contributed by atoms with Gasteiger partial charge >= 0.3 is 0 Å². The summed E-state index contributed by atoms with van der Waals surface area (Å²) in [5.41, 5.74) is 7.74. The van der Waals surface area contributed by atoms with Gasteiger partial charge in [0.05, 0.1) is 0 Å². The molecule has 2 rings (SSSR count). The average Bonchev–Trinajstić information content (AvgIpc) is 2.34. The van der Waals surface area contributed by atoms with Gasteiger partial charge in [-0.3, -0.25) is 4.90 Å². The van der Waals surface area contributed by atoms with E-state index in [1.807, 2.05) is 18.2 Å². The molecule has 0 saturated carbocycles. The number of piperidine rings is 1. The molecule has 2 N–H and O–H groups in total. The summed E-state index contributed by atoms with van der Waals surface area (Å²) in [5.74, 6) is 0. The summed E-state index contributed by atoms with van der Waals surface area (Å²) in [5, 5.41) is 0.818. The van der Waals surface area contributed by atoms with Crippen molar-refractivity contribution in [2.45, 2.75) is 25.4 Å². The van der Waals surface area contributed by atoms with Gasteiger partial charge in [-0.25, -0.2) is 0 Å². The predicted octanol–water partition coefficient (Wildman–Crippen LogP) is 2.45. The average molecular weight is 268 g/mol. The Morgan fingerprint density at radius 3 is 2.61 bits per heavy atom. The maximum absolute atomic E-state index is 6.20. The van der Waals surface area contributed by atoms with Gasteiger partial charge in [-0.05, 0) is 63.8 Å². The van der Waals surface area contributed by atoms with E-state index in [4.69, 9.17) is 17.3 Å². The zero-order chi connectivity index (χ0) is 13.1. The highest BCUT2D eigenvalue weighted by Gasteiger charge is 2.20. The van der Waals surface area contributed by atoms with Gasteiger partial charge in [-0.2, -0.15) is 0 Å². The zero-order valence-corrected chi connectivity index (χ0v) is 12.0. The topological polar surface area (TPSA) is 32.5 Å². The van der Waals surface area contributed by atoms with Crippen LogP contribution in [0.3, 0.4) is 0 Å². The van der Waals surface area contributed by atoms with Crippen molar-refractivity contribution in [2.24, 2.45) is 0 Å². The smallest absolute Gasteiger partial charge is 0.0452 e. The molecule has 1 aliphatic heterocycles. The Morgan fingerprint density at radius 2 is 2.00 bits per heavy atom. The van der Waals surface area contributed by atoms with Crippen molar-refractivity contribution in [3.05, 3.63) is 28.8 Å². The molecule has 100 valence electrons. The van der Waals surface area contributed by atoms with Crippen molar-refractivity contribution < 1.29 is 0 Å². The SMILES string of the molecule is CN(C)C1CCN(Cc2cc(N)ccc2Cl)CC1. The third kappa shape index (κ3) is 3.37. The van der Waals surface area contributed by atoms with Crippen molar-refractivity contribution in [1.29, 1.82) is 0 Å². The summed E-state index contributed by atoms with van der Waals surface area (Å²) in [6.45, 7) is 3.17. The van der Waals surface area contributed by atoms with Gasteiger partial charge < -0.3 is 10.6 Å². The van der Waals surface area contributed by atoms with Crippen molar-refractivity contribution in [3.8, 4) is 0 Å². The first-order valence-corrected chi connectivity index (χ1v) is 6.87. The lowest BCUT2D eigenvalue weighted by atomic mass is 10.0.